The van der Waals surface area contributed by atoms with E-state index in [0.717, 1.165) is 12.8 Å². The number of hydrogen-bond acceptors (Lipinski definition) is 25. The van der Waals surface area contributed by atoms with E-state index in [0.29, 0.717) is 51.5 Å². The van der Waals surface area contributed by atoms with Crippen LogP contribution < -0.4 is 0 Å². The van der Waals surface area contributed by atoms with Crippen LogP contribution in [0.1, 0.15) is 219 Å². The molecular weight excluding hydrogens is 1210 g/mol. The first-order chi connectivity index (χ1) is 42.0. The SMILES string of the molecule is CC(=O)OCC(C)(C)C.CC(=O)OCC(COC(C)=O)C(C)(C)C.CC(=O)OCC(COC(C)=O)C(C)(C)C.CC(=O)OCCN(CCOC(C)=O)C(C)(C)C.CC1CC(C)OC(CC(C)(C)C)O1.COC(=O)CC(=O)OCC(COC(=O)CC(=O)OC)CC(C)(C)C. The molecule has 1 aliphatic heterocycles. The minimum Gasteiger partial charge on any atom is -0.469 e. The van der Waals surface area contributed by atoms with Gasteiger partial charge in [-0.05, 0) is 74.5 Å². The molecule has 1 saturated heterocycles. The quantitative estimate of drug-likeness (QED) is 0.0466. The van der Waals surface area contributed by atoms with Crippen LogP contribution in [-0.4, -0.2) is 181 Å². The van der Waals surface area contributed by atoms with Crippen LogP contribution in [0.15, 0.2) is 0 Å². The van der Waals surface area contributed by atoms with Crippen molar-refractivity contribution in [2.75, 3.05) is 86.8 Å². The second-order valence-corrected chi connectivity index (χ2v) is 29.3. The van der Waals surface area contributed by atoms with Gasteiger partial charge in [0.05, 0.1) is 72.7 Å². The van der Waals surface area contributed by atoms with Crippen LogP contribution in [0, 0.1) is 44.8 Å². The van der Waals surface area contributed by atoms with Gasteiger partial charge in [0.15, 0.2) is 6.29 Å². The van der Waals surface area contributed by atoms with Gasteiger partial charge in [0.2, 0.25) is 0 Å². The van der Waals surface area contributed by atoms with Crippen molar-refractivity contribution in [1.82, 2.24) is 4.90 Å². The molecule has 0 aliphatic carbocycles. The molecule has 1 aliphatic rings. The predicted octanol–water partition coefficient (Wildman–Crippen LogP) is 10.6. The first-order valence-electron chi connectivity index (χ1n) is 31.5. The first-order valence-corrected chi connectivity index (χ1v) is 31.5. The third-order valence-electron chi connectivity index (χ3n) is 12.5. The molecule has 25 nitrogen and oxygen atoms in total. The van der Waals surface area contributed by atoms with E-state index in [4.69, 9.17) is 52.1 Å². The normalized spacial score (nSPS) is 14.7. The summed E-state index contributed by atoms with van der Waals surface area (Å²) < 4.78 is 64.6. The van der Waals surface area contributed by atoms with Crippen molar-refractivity contribution in [3.63, 3.8) is 0 Å². The highest BCUT2D eigenvalue weighted by atomic mass is 16.7. The highest BCUT2D eigenvalue weighted by Gasteiger charge is 2.31. The van der Waals surface area contributed by atoms with Gasteiger partial charge in [-0.15, -0.1) is 0 Å². The first kappa shape index (κ1) is 95.7. The lowest BCUT2D eigenvalue weighted by Crippen LogP contribution is -2.45. The monoisotopic (exact) mass is 1340 g/mol. The molecule has 1 fully saturated rings. The molecule has 1 heterocycles. The Morgan fingerprint density at radius 3 is 0.914 bits per heavy atom. The lowest BCUT2D eigenvalue weighted by atomic mass is 9.82. The van der Waals surface area contributed by atoms with Gasteiger partial charge in [0.1, 0.15) is 26.1 Å². The summed E-state index contributed by atoms with van der Waals surface area (Å²) in [5.41, 5.74) is 0.0946. The largest absolute Gasteiger partial charge is 0.469 e. The van der Waals surface area contributed by atoms with Crippen LogP contribution in [0.5, 0.6) is 0 Å². The fourth-order valence-corrected chi connectivity index (χ4v) is 7.33. The van der Waals surface area contributed by atoms with Crippen LogP contribution in [0.25, 0.3) is 0 Å². The van der Waals surface area contributed by atoms with Crippen LogP contribution in [0.2, 0.25) is 0 Å². The van der Waals surface area contributed by atoms with Crippen molar-refractivity contribution in [2.24, 2.45) is 44.8 Å². The van der Waals surface area contributed by atoms with Crippen LogP contribution in [-0.2, 0) is 114 Å². The second kappa shape index (κ2) is 48.7. The molecule has 1 rings (SSSR count). The van der Waals surface area contributed by atoms with Crippen molar-refractivity contribution in [1.29, 1.82) is 0 Å². The number of rotatable bonds is 25. The van der Waals surface area contributed by atoms with E-state index in [1.807, 2.05) is 83.1 Å². The van der Waals surface area contributed by atoms with Gasteiger partial charge in [0, 0.05) is 91.3 Å². The molecule has 0 bridgehead atoms. The fraction of sp³-hybridized carbons (Fsp3) is 0.838. The molecule has 0 amide bonds. The summed E-state index contributed by atoms with van der Waals surface area (Å²) in [6, 6.07) is 0. The van der Waals surface area contributed by atoms with Gasteiger partial charge in [-0.1, -0.05) is 104 Å². The second-order valence-electron chi connectivity index (χ2n) is 29.3. The molecule has 0 aromatic rings. The number of nitrogens with zero attached hydrogens (tertiary/aromatic N) is 1. The molecule has 546 valence electrons. The molecule has 0 N–H and O–H groups in total. The van der Waals surface area contributed by atoms with Gasteiger partial charge >= 0.3 is 65.7 Å². The summed E-state index contributed by atoms with van der Waals surface area (Å²) in [7, 11) is 2.36. The Morgan fingerprint density at radius 1 is 0.398 bits per heavy atom. The summed E-state index contributed by atoms with van der Waals surface area (Å²) >= 11 is 0. The molecule has 2 atom stereocenters. The Kier molecular flexibility index (Phi) is 50.1. The summed E-state index contributed by atoms with van der Waals surface area (Å²) in [5.74, 6) is -5.01. The molecule has 93 heavy (non-hydrogen) atoms. The van der Waals surface area contributed by atoms with Gasteiger partial charge in [-0.25, -0.2) is 0 Å². The zero-order valence-electron chi connectivity index (χ0n) is 62.5. The molecule has 0 aromatic carbocycles. The number of hydrogen-bond donors (Lipinski definition) is 0. The summed E-state index contributed by atoms with van der Waals surface area (Å²) in [6.07, 6.45) is 2.35. The zero-order chi connectivity index (χ0) is 73.9. The average Bonchev–Trinajstić information content (AvgIpc) is 1.03. The maximum atomic E-state index is 11.5. The Balaban J connectivity index is -0.000000340. The molecule has 0 aromatic heterocycles. The van der Waals surface area contributed by atoms with Crippen LogP contribution in [0.3, 0.4) is 0 Å². The summed E-state index contributed by atoms with van der Waals surface area (Å²) in [6.45, 7) is 54.5. The molecule has 25 heteroatoms. The summed E-state index contributed by atoms with van der Waals surface area (Å²) in [4.78, 5) is 121. The Bertz CT molecular complexity index is 2040. The van der Waals surface area contributed by atoms with Crippen LogP contribution in [0.4, 0.5) is 0 Å². The Labute approximate surface area is 557 Å². The molecule has 2 unspecified atom stereocenters. The van der Waals surface area contributed by atoms with E-state index < -0.39 is 36.7 Å². The highest BCUT2D eigenvalue weighted by Crippen LogP contribution is 2.30. The maximum Gasteiger partial charge on any atom is 0.317 e. The third-order valence-corrected chi connectivity index (χ3v) is 12.5. The molecule has 0 saturated carbocycles. The van der Waals surface area contributed by atoms with Crippen LogP contribution >= 0.6 is 0 Å². The van der Waals surface area contributed by atoms with Crippen molar-refractivity contribution in [2.45, 2.75) is 243 Å². The summed E-state index contributed by atoms with van der Waals surface area (Å²) in [5, 5.41) is 0. The highest BCUT2D eigenvalue weighted by molar-refractivity contribution is 5.91. The number of carbonyl (C=O) groups is 11. The smallest absolute Gasteiger partial charge is 0.317 e. The standard InChI is InChI=1S/C16H26O8.C12H23NO4.2C11H20O4.C11H22O2.C7H14O2/c1-16(2,3)8-11(9-23-14(19)6-12(17)21-4)10-24-15(20)7-13(18)22-5;1-10(14)16-8-6-13(12(3,4)5)7-9-17-11(2)15;2*1-8(12)14-6-10(11(3,4)5)7-15-9(2)13;1-8-6-9(2)13-10(12-8)7-11(3,4)5;1-6(8)9-5-7(2,3)4/h11H,6-10H2,1-5H3;6-9H2,1-5H3;2*10H,6-7H2,1-5H3;8-10H,6-7H2,1-5H3;5H2,1-4H3. The lowest BCUT2D eigenvalue weighted by molar-refractivity contribution is -0.243. The molecule has 0 radical (unpaired) electrons. The van der Waals surface area contributed by atoms with E-state index in [1.54, 1.807) is 0 Å². The van der Waals surface area contributed by atoms with Crippen molar-refractivity contribution < 1.29 is 114 Å². The third kappa shape index (κ3) is 68.7. The lowest BCUT2D eigenvalue weighted by Gasteiger charge is -2.35. The average molecular weight is 1340 g/mol. The zero-order valence-corrected chi connectivity index (χ0v) is 62.5. The van der Waals surface area contributed by atoms with Gasteiger partial charge in [-0.2, -0.15) is 0 Å². The molecular formula is C68H125NO24. The van der Waals surface area contributed by atoms with E-state index in [-0.39, 0.29) is 138 Å². The number of carbonyl (C=O) groups excluding carboxylic acids is 11. The van der Waals surface area contributed by atoms with Crippen molar-refractivity contribution in [3.8, 4) is 0 Å². The Morgan fingerprint density at radius 2 is 0.699 bits per heavy atom. The van der Waals surface area contributed by atoms with E-state index >= 15 is 0 Å². The van der Waals surface area contributed by atoms with Crippen molar-refractivity contribution in [3.05, 3.63) is 0 Å². The minimum atomic E-state index is -0.707. The van der Waals surface area contributed by atoms with Gasteiger partial charge in [0.25, 0.3) is 0 Å². The number of methoxy groups -OCH3 is 2. The number of ether oxygens (including phenoxy) is 13. The van der Waals surface area contributed by atoms with E-state index in [9.17, 15) is 52.7 Å². The fourth-order valence-electron chi connectivity index (χ4n) is 7.33. The van der Waals surface area contributed by atoms with E-state index in [2.05, 4.69) is 69.8 Å². The van der Waals surface area contributed by atoms with E-state index in [1.165, 1.54) is 62.7 Å². The van der Waals surface area contributed by atoms with Crippen molar-refractivity contribution >= 4 is 65.7 Å². The Hall–Kier alpha value is -5.95. The topological polar surface area (TPSA) is 311 Å². The maximum absolute atomic E-state index is 11.5. The van der Waals surface area contributed by atoms with Gasteiger partial charge < -0.3 is 61.6 Å². The predicted molar refractivity (Wildman–Crippen MR) is 349 cm³/mol. The number of esters is 11. The van der Waals surface area contributed by atoms with Gasteiger partial charge in [-0.3, -0.25) is 57.6 Å². The minimum absolute atomic E-state index is 0.00116. The molecule has 0 spiro atoms.